The molecule has 2 aromatic carbocycles. The van der Waals surface area contributed by atoms with Crippen LogP contribution in [0, 0.1) is 0 Å². The van der Waals surface area contributed by atoms with Gasteiger partial charge in [-0.15, -0.1) is 0 Å². The highest BCUT2D eigenvalue weighted by atomic mass is 35.5. The zero-order valence-corrected chi connectivity index (χ0v) is 16.4. The zero-order valence-electron chi connectivity index (χ0n) is 15.6. The number of anilines is 2. The van der Waals surface area contributed by atoms with Crippen molar-refractivity contribution in [3.63, 3.8) is 0 Å². The molecule has 1 saturated heterocycles. The molecular weight excluding hydrogens is 366 g/mol. The average molecular weight is 391 g/mol. The molecule has 0 radical (unpaired) electrons. The molecule has 1 aliphatic rings. The van der Waals surface area contributed by atoms with Gasteiger partial charge >= 0.3 is 0 Å². The molecule has 1 fully saturated rings. The lowest BCUT2D eigenvalue weighted by molar-refractivity contribution is -0.892. The van der Waals surface area contributed by atoms with Crippen molar-refractivity contribution < 1.29 is 19.2 Å². The highest BCUT2D eigenvalue weighted by Gasteiger charge is 2.23. The van der Waals surface area contributed by atoms with Crippen LogP contribution in [0.4, 0.5) is 11.4 Å². The largest absolute Gasteiger partial charge is 0.497 e. The van der Waals surface area contributed by atoms with Crippen molar-refractivity contribution in [2.24, 2.45) is 0 Å². The normalized spacial score (nSPS) is 14.7. The second-order valence-electron chi connectivity index (χ2n) is 6.51. The number of rotatable bonds is 6. The monoisotopic (exact) mass is 390 g/mol. The minimum atomic E-state index is -0.0345. The summed E-state index contributed by atoms with van der Waals surface area (Å²) in [5, 5.41) is 3.68. The third-order valence-corrected chi connectivity index (χ3v) is 4.97. The van der Waals surface area contributed by atoms with E-state index in [9.17, 15) is 4.79 Å². The van der Waals surface area contributed by atoms with Gasteiger partial charge in [-0.2, -0.15) is 0 Å². The van der Waals surface area contributed by atoms with E-state index in [1.807, 2.05) is 18.2 Å². The first-order valence-electron chi connectivity index (χ1n) is 8.95. The van der Waals surface area contributed by atoms with Crippen LogP contribution in [-0.4, -0.2) is 52.9 Å². The summed E-state index contributed by atoms with van der Waals surface area (Å²) in [5.74, 6) is 1.26. The average Bonchev–Trinajstić information content (AvgIpc) is 2.68. The number of benzene rings is 2. The van der Waals surface area contributed by atoms with Crippen molar-refractivity contribution in [3.8, 4) is 11.5 Å². The van der Waals surface area contributed by atoms with Gasteiger partial charge in [-0.05, 0) is 30.3 Å². The molecule has 0 aromatic heterocycles. The molecule has 0 atom stereocenters. The molecule has 144 valence electrons. The van der Waals surface area contributed by atoms with Gasteiger partial charge in [0, 0.05) is 16.8 Å². The number of nitrogens with one attached hydrogen (secondary N) is 2. The number of quaternary nitrogens is 1. The smallest absolute Gasteiger partial charge is 0.279 e. The van der Waals surface area contributed by atoms with Crippen LogP contribution in [0.25, 0.3) is 0 Å². The van der Waals surface area contributed by atoms with Crippen molar-refractivity contribution in [2.45, 2.75) is 0 Å². The van der Waals surface area contributed by atoms with Crippen molar-refractivity contribution in [1.29, 1.82) is 0 Å². The predicted molar refractivity (Wildman–Crippen MR) is 107 cm³/mol. The molecule has 0 spiro atoms. The molecule has 0 unspecified atom stereocenters. The molecule has 0 saturated carbocycles. The molecule has 1 heterocycles. The van der Waals surface area contributed by atoms with Gasteiger partial charge in [-0.3, -0.25) is 4.79 Å². The maximum atomic E-state index is 12.5. The van der Waals surface area contributed by atoms with E-state index in [-0.39, 0.29) is 5.91 Å². The summed E-state index contributed by atoms with van der Waals surface area (Å²) >= 11 is 6.08. The summed E-state index contributed by atoms with van der Waals surface area (Å²) in [6, 6.07) is 13.2. The maximum absolute atomic E-state index is 12.5. The van der Waals surface area contributed by atoms with Gasteiger partial charge < -0.3 is 24.6 Å². The first kappa shape index (κ1) is 19.3. The number of halogens is 1. The van der Waals surface area contributed by atoms with Crippen LogP contribution < -0.4 is 24.6 Å². The minimum Gasteiger partial charge on any atom is -0.497 e. The minimum absolute atomic E-state index is 0.0345. The molecular formula is C20H25ClN3O3+. The molecule has 0 aliphatic carbocycles. The van der Waals surface area contributed by atoms with Gasteiger partial charge in [-0.1, -0.05) is 17.7 Å². The van der Waals surface area contributed by atoms with E-state index in [0.717, 1.165) is 36.9 Å². The fourth-order valence-corrected chi connectivity index (χ4v) is 3.45. The Hall–Kier alpha value is -2.44. The van der Waals surface area contributed by atoms with Gasteiger partial charge in [0.1, 0.15) is 11.5 Å². The Kier molecular flexibility index (Phi) is 6.42. The summed E-state index contributed by atoms with van der Waals surface area (Å²) < 4.78 is 10.5. The third-order valence-electron chi connectivity index (χ3n) is 4.74. The molecule has 2 aromatic rings. The highest BCUT2D eigenvalue weighted by molar-refractivity contribution is 6.30. The van der Waals surface area contributed by atoms with Crippen LogP contribution in [0.15, 0.2) is 42.5 Å². The standard InChI is InChI=1S/C20H24ClN3O3/c1-26-17-6-7-19(27-2)18(13-17)22-20(25)14-23-8-10-24(11-9-23)16-5-3-4-15(21)12-16/h3-7,12-13H,8-11,14H2,1-2H3,(H,22,25)/p+1. The summed E-state index contributed by atoms with van der Waals surface area (Å²) in [6.07, 6.45) is 0. The van der Waals surface area contributed by atoms with Gasteiger partial charge in [0.15, 0.2) is 6.54 Å². The first-order valence-corrected chi connectivity index (χ1v) is 9.33. The lowest BCUT2D eigenvalue weighted by Crippen LogP contribution is -3.15. The number of carbonyl (C=O) groups excluding carboxylic acids is 1. The van der Waals surface area contributed by atoms with Crippen LogP contribution in [0.5, 0.6) is 11.5 Å². The Morgan fingerprint density at radius 3 is 2.59 bits per heavy atom. The number of nitrogens with zero attached hydrogens (tertiary/aromatic N) is 1. The Balaban J connectivity index is 1.54. The van der Waals surface area contributed by atoms with Crippen LogP contribution in [-0.2, 0) is 4.79 Å². The highest BCUT2D eigenvalue weighted by Crippen LogP contribution is 2.28. The number of hydrogen-bond acceptors (Lipinski definition) is 4. The quantitative estimate of drug-likeness (QED) is 0.788. The summed E-state index contributed by atoms with van der Waals surface area (Å²) in [5.41, 5.74) is 1.76. The molecule has 3 rings (SSSR count). The van der Waals surface area contributed by atoms with Gasteiger partial charge in [0.2, 0.25) is 0 Å². The fraction of sp³-hybridized carbons (Fsp3) is 0.350. The first-order chi connectivity index (χ1) is 13.1. The molecule has 0 bridgehead atoms. The van der Waals surface area contributed by atoms with Gasteiger partial charge in [0.05, 0.1) is 46.1 Å². The SMILES string of the molecule is COc1ccc(OC)c(NC(=O)C[NH+]2CCN(c3cccc(Cl)c3)CC2)c1. The van der Waals surface area contributed by atoms with Crippen LogP contribution in [0.3, 0.4) is 0 Å². The number of amides is 1. The summed E-state index contributed by atoms with van der Waals surface area (Å²) in [7, 11) is 3.18. The second kappa shape index (κ2) is 8.97. The van der Waals surface area contributed by atoms with Gasteiger partial charge in [0.25, 0.3) is 5.91 Å². The maximum Gasteiger partial charge on any atom is 0.279 e. The number of hydrogen-bond donors (Lipinski definition) is 2. The molecule has 27 heavy (non-hydrogen) atoms. The lowest BCUT2D eigenvalue weighted by Gasteiger charge is -2.33. The molecule has 2 N–H and O–H groups in total. The number of methoxy groups -OCH3 is 2. The fourth-order valence-electron chi connectivity index (χ4n) is 3.26. The van der Waals surface area contributed by atoms with Crippen molar-refractivity contribution in [2.75, 3.05) is 57.2 Å². The molecule has 7 heteroatoms. The van der Waals surface area contributed by atoms with E-state index >= 15 is 0 Å². The van der Waals surface area contributed by atoms with E-state index < -0.39 is 0 Å². The Morgan fingerprint density at radius 2 is 1.93 bits per heavy atom. The van der Waals surface area contributed by atoms with E-state index in [0.29, 0.717) is 23.7 Å². The van der Waals surface area contributed by atoms with Crippen molar-refractivity contribution in [3.05, 3.63) is 47.5 Å². The Morgan fingerprint density at radius 1 is 1.15 bits per heavy atom. The van der Waals surface area contributed by atoms with E-state index in [1.54, 1.807) is 32.4 Å². The van der Waals surface area contributed by atoms with Crippen LogP contribution in [0.2, 0.25) is 5.02 Å². The molecule has 1 aliphatic heterocycles. The van der Waals surface area contributed by atoms with E-state index in [4.69, 9.17) is 21.1 Å². The number of piperazine rings is 1. The van der Waals surface area contributed by atoms with Gasteiger partial charge in [-0.25, -0.2) is 0 Å². The number of ether oxygens (including phenoxy) is 2. The Labute approximate surface area is 164 Å². The molecule has 1 amide bonds. The van der Waals surface area contributed by atoms with Crippen molar-refractivity contribution in [1.82, 2.24) is 0 Å². The number of carbonyl (C=O) groups is 1. The zero-order chi connectivity index (χ0) is 19.2. The van der Waals surface area contributed by atoms with Crippen LogP contribution >= 0.6 is 11.6 Å². The second-order valence-corrected chi connectivity index (χ2v) is 6.94. The molecule has 6 nitrogen and oxygen atoms in total. The Bertz CT molecular complexity index is 792. The van der Waals surface area contributed by atoms with E-state index in [2.05, 4.69) is 16.3 Å². The lowest BCUT2D eigenvalue weighted by atomic mass is 10.2. The van der Waals surface area contributed by atoms with E-state index in [1.165, 1.54) is 4.90 Å². The van der Waals surface area contributed by atoms with Crippen molar-refractivity contribution >= 4 is 28.9 Å². The third kappa shape index (κ3) is 5.05. The summed E-state index contributed by atoms with van der Waals surface area (Å²) in [6.45, 7) is 4.00. The predicted octanol–water partition coefficient (Wildman–Crippen LogP) is 1.70. The topological polar surface area (TPSA) is 55.2 Å². The van der Waals surface area contributed by atoms with Crippen LogP contribution in [0.1, 0.15) is 0 Å². The summed E-state index contributed by atoms with van der Waals surface area (Å²) in [4.78, 5) is 16.0.